The Labute approximate surface area is 136 Å². The number of nitrogens with one attached hydrogen (secondary N) is 3. The first-order chi connectivity index (χ1) is 11.0. The minimum absolute atomic E-state index is 0.0906. The smallest absolute Gasteiger partial charge is 0.319 e. The van der Waals surface area contributed by atoms with Gasteiger partial charge in [0.1, 0.15) is 12.6 Å². The second kappa shape index (κ2) is 9.26. The fourth-order valence-electron chi connectivity index (χ4n) is 1.59. The predicted octanol–water partition coefficient (Wildman–Crippen LogP) is 1.09. The zero-order valence-electron chi connectivity index (χ0n) is 12.2. The van der Waals surface area contributed by atoms with Crippen LogP contribution in [-0.4, -0.2) is 41.5 Å². The summed E-state index contributed by atoms with van der Waals surface area (Å²) in [4.78, 5) is 33.7. The van der Waals surface area contributed by atoms with E-state index in [2.05, 4.69) is 16.0 Å². The third-order valence-electron chi connectivity index (χ3n) is 2.63. The van der Waals surface area contributed by atoms with Gasteiger partial charge in [-0.15, -0.1) is 0 Å². The SMILES string of the molecule is CSCC(NC(=O)Nc1ccc([N+](=O)[O-])cc1)C(=O)NCC#N. The molecule has 3 N–H and O–H groups in total. The molecule has 0 heterocycles. The van der Waals surface area contributed by atoms with E-state index in [1.165, 1.54) is 36.0 Å². The number of hydrogen-bond donors (Lipinski definition) is 3. The molecule has 0 saturated carbocycles. The average Bonchev–Trinajstić information content (AvgIpc) is 2.52. The second-order valence-electron chi connectivity index (χ2n) is 4.29. The van der Waals surface area contributed by atoms with Crippen molar-refractivity contribution in [2.24, 2.45) is 0 Å². The topological polar surface area (TPSA) is 137 Å². The molecule has 0 aliphatic rings. The molecule has 10 heteroatoms. The number of urea groups is 1. The Morgan fingerprint density at radius 1 is 1.39 bits per heavy atom. The van der Waals surface area contributed by atoms with Crippen molar-refractivity contribution in [2.45, 2.75) is 6.04 Å². The summed E-state index contributed by atoms with van der Waals surface area (Å²) in [6.07, 6.45) is 1.78. The number of nitro groups is 1. The van der Waals surface area contributed by atoms with E-state index >= 15 is 0 Å². The number of carbonyl (C=O) groups is 2. The van der Waals surface area contributed by atoms with Crippen LogP contribution in [0.1, 0.15) is 0 Å². The van der Waals surface area contributed by atoms with Gasteiger partial charge in [-0.1, -0.05) is 0 Å². The zero-order valence-corrected chi connectivity index (χ0v) is 13.1. The Bertz CT molecular complexity index is 614. The highest BCUT2D eigenvalue weighted by Gasteiger charge is 2.20. The maximum atomic E-state index is 11.9. The van der Waals surface area contributed by atoms with E-state index in [1.54, 1.807) is 12.3 Å². The van der Waals surface area contributed by atoms with Crippen molar-refractivity contribution < 1.29 is 14.5 Å². The highest BCUT2D eigenvalue weighted by atomic mass is 32.2. The van der Waals surface area contributed by atoms with Crippen molar-refractivity contribution in [1.82, 2.24) is 10.6 Å². The van der Waals surface area contributed by atoms with Crippen LogP contribution in [0.15, 0.2) is 24.3 Å². The van der Waals surface area contributed by atoms with Crippen LogP contribution in [0.4, 0.5) is 16.2 Å². The summed E-state index contributed by atoms with van der Waals surface area (Å²) in [7, 11) is 0. The van der Waals surface area contributed by atoms with Gasteiger partial charge in [-0.2, -0.15) is 17.0 Å². The lowest BCUT2D eigenvalue weighted by Gasteiger charge is -2.17. The number of amides is 3. The van der Waals surface area contributed by atoms with Gasteiger partial charge >= 0.3 is 6.03 Å². The number of non-ortho nitro benzene ring substituents is 1. The number of carbonyl (C=O) groups excluding carboxylic acids is 2. The van der Waals surface area contributed by atoms with Gasteiger partial charge in [-0.3, -0.25) is 14.9 Å². The van der Waals surface area contributed by atoms with Crippen molar-refractivity contribution in [3.63, 3.8) is 0 Å². The molecule has 0 aliphatic heterocycles. The van der Waals surface area contributed by atoms with Crippen LogP contribution in [0.3, 0.4) is 0 Å². The van der Waals surface area contributed by atoms with Crippen LogP contribution >= 0.6 is 11.8 Å². The third-order valence-corrected chi connectivity index (χ3v) is 3.30. The monoisotopic (exact) mass is 337 g/mol. The van der Waals surface area contributed by atoms with E-state index in [-0.39, 0.29) is 12.2 Å². The van der Waals surface area contributed by atoms with Crippen molar-refractivity contribution in [2.75, 3.05) is 23.9 Å². The number of nitro benzene ring substituents is 1. The minimum atomic E-state index is -0.795. The fraction of sp³-hybridized carbons (Fsp3) is 0.308. The number of nitrogens with zero attached hydrogens (tertiary/aromatic N) is 2. The standard InChI is InChI=1S/C13H15N5O4S/c1-23-8-11(12(19)15-7-6-14)17-13(20)16-9-2-4-10(5-3-9)18(21)22/h2-5,11H,7-8H2,1H3,(H,15,19)(H2,16,17,20). The van der Waals surface area contributed by atoms with Crippen LogP contribution in [0.5, 0.6) is 0 Å². The van der Waals surface area contributed by atoms with E-state index in [0.29, 0.717) is 11.4 Å². The molecular formula is C13H15N5O4S. The fourth-order valence-corrected chi connectivity index (χ4v) is 2.16. The summed E-state index contributed by atoms with van der Waals surface area (Å²) >= 11 is 1.36. The highest BCUT2D eigenvalue weighted by molar-refractivity contribution is 7.98. The quantitative estimate of drug-likeness (QED) is 0.387. The molecule has 1 unspecified atom stereocenters. The first-order valence-corrected chi connectivity index (χ1v) is 7.83. The molecule has 122 valence electrons. The third kappa shape index (κ3) is 6.23. The number of anilines is 1. The van der Waals surface area contributed by atoms with Gasteiger partial charge in [0.05, 0.1) is 11.0 Å². The molecular weight excluding hydrogens is 322 g/mol. The normalized spacial score (nSPS) is 11.0. The Morgan fingerprint density at radius 2 is 2.04 bits per heavy atom. The Balaban J connectivity index is 2.62. The number of hydrogen-bond acceptors (Lipinski definition) is 6. The molecule has 1 aromatic rings. The first kappa shape index (κ1) is 18.2. The first-order valence-electron chi connectivity index (χ1n) is 6.43. The maximum absolute atomic E-state index is 11.9. The summed E-state index contributed by atoms with van der Waals surface area (Å²) in [5, 5.41) is 26.3. The van der Waals surface area contributed by atoms with Crippen LogP contribution < -0.4 is 16.0 Å². The molecule has 3 amide bonds. The van der Waals surface area contributed by atoms with Crippen molar-refractivity contribution >= 4 is 35.1 Å². The molecule has 0 aromatic heterocycles. The van der Waals surface area contributed by atoms with Crippen molar-refractivity contribution in [3.05, 3.63) is 34.4 Å². The van der Waals surface area contributed by atoms with E-state index in [1.807, 2.05) is 0 Å². The molecule has 0 bridgehead atoms. The van der Waals surface area contributed by atoms with Crippen molar-refractivity contribution in [1.29, 1.82) is 5.26 Å². The number of nitriles is 1. The molecule has 1 atom stereocenters. The molecule has 23 heavy (non-hydrogen) atoms. The van der Waals surface area contributed by atoms with E-state index in [0.717, 1.165) is 0 Å². The average molecular weight is 337 g/mol. The molecule has 1 aromatic carbocycles. The Hall–Kier alpha value is -2.80. The largest absolute Gasteiger partial charge is 0.341 e. The van der Waals surface area contributed by atoms with Gasteiger partial charge in [0, 0.05) is 23.6 Å². The van der Waals surface area contributed by atoms with E-state index in [4.69, 9.17) is 5.26 Å². The van der Waals surface area contributed by atoms with Crippen LogP contribution in [0, 0.1) is 21.4 Å². The van der Waals surface area contributed by atoms with Gasteiger partial charge in [0.15, 0.2) is 0 Å². The molecule has 1 rings (SSSR count). The number of rotatable bonds is 7. The second-order valence-corrected chi connectivity index (χ2v) is 5.20. The lowest BCUT2D eigenvalue weighted by molar-refractivity contribution is -0.384. The van der Waals surface area contributed by atoms with Gasteiger partial charge < -0.3 is 16.0 Å². The van der Waals surface area contributed by atoms with Gasteiger partial charge in [0.2, 0.25) is 5.91 Å². The van der Waals surface area contributed by atoms with Crippen molar-refractivity contribution in [3.8, 4) is 6.07 Å². The summed E-state index contributed by atoms with van der Waals surface area (Å²) in [5.74, 6) is -0.120. The maximum Gasteiger partial charge on any atom is 0.319 e. The number of benzene rings is 1. The highest BCUT2D eigenvalue weighted by Crippen LogP contribution is 2.15. The van der Waals surface area contributed by atoms with Crippen LogP contribution in [-0.2, 0) is 4.79 Å². The minimum Gasteiger partial charge on any atom is -0.341 e. The zero-order chi connectivity index (χ0) is 17.2. The Kier molecular flexibility index (Phi) is 7.35. The number of thioether (sulfide) groups is 1. The lowest BCUT2D eigenvalue weighted by atomic mass is 10.3. The molecule has 0 aliphatic carbocycles. The summed E-state index contributed by atoms with van der Waals surface area (Å²) in [6.45, 7) is -0.143. The van der Waals surface area contributed by atoms with Gasteiger partial charge in [0.25, 0.3) is 5.69 Å². The summed E-state index contributed by atoms with van der Waals surface area (Å²) < 4.78 is 0. The van der Waals surface area contributed by atoms with E-state index in [9.17, 15) is 19.7 Å². The van der Waals surface area contributed by atoms with E-state index < -0.39 is 22.9 Å². The molecule has 0 fully saturated rings. The summed E-state index contributed by atoms with van der Waals surface area (Å²) in [5.41, 5.74) is 0.264. The predicted molar refractivity (Wildman–Crippen MR) is 86.0 cm³/mol. The van der Waals surface area contributed by atoms with Gasteiger partial charge in [-0.05, 0) is 18.4 Å². The Morgan fingerprint density at radius 3 is 2.57 bits per heavy atom. The molecule has 9 nitrogen and oxygen atoms in total. The van der Waals surface area contributed by atoms with Gasteiger partial charge in [-0.25, -0.2) is 4.79 Å². The van der Waals surface area contributed by atoms with Crippen LogP contribution in [0.25, 0.3) is 0 Å². The summed E-state index contributed by atoms with van der Waals surface area (Å²) in [6, 6.07) is 5.65. The molecule has 0 saturated heterocycles. The van der Waals surface area contributed by atoms with Crippen LogP contribution in [0.2, 0.25) is 0 Å². The molecule has 0 spiro atoms. The lowest BCUT2D eigenvalue weighted by Crippen LogP contribution is -2.49. The molecule has 0 radical (unpaired) electrons.